The molecule has 0 aliphatic heterocycles. The molecule has 1 amide bonds. The van der Waals surface area contributed by atoms with Crippen LogP contribution in [0.25, 0.3) is 0 Å². The van der Waals surface area contributed by atoms with Crippen LogP contribution in [0, 0.1) is 13.8 Å². The summed E-state index contributed by atoms with van der Waals surface area (Å²) in [5.74, 6) is 0.0256. The van der Waals surface area contributed by atoms with Gasteiger partial charge >= 0.3 is 0 Å². The van der Waals surface area contributed by atoms with Crippen LogP contribution in [-0.4, -0.2) is 27.6 Å². The van der Waals surface area contributed by atoms with Crippen LogP contribution in [0.1, 0.15) is 39.8 Å². The molecule has 0 atom stereocenters. The molecular weight excluding hydrogens is 262 g/mol. The number of rotatable bonds is 4. The number of nitrogens with zero attached hydrogens (tertiary/aromatic N) is 3. The highest BCUT2D eigenvalue weighted by Gasteiger charge is 2.20. The summed E-state index contributed by atoms with van der Waals surface area (Å²) in [4.78, 5) is 14.3. The maximum Gasteiger partial charge on any atom is 0.257 e. The molecule has 1 heterocycles. The summed E-state index contributed by atoms with van der Waals surface area (Å²) in [6.45, 7) is 6.55. The van der Waals surface area contributed by atoms with E-state index in [0.29, 0.717) is 12.1 Å². The average Bonchev–Trinajstić information content (AvgIpc) is 2.72. The van der Waals surface area contributed by atoms with Crippen molar-refractivity contribution in [1.82, 2.24) is 14.7 Å². The fourth-order valence-corrected chi connectivity index (χ4v) is 2.50. The third-order valence-electron chi connectivity index (χ3n) is 3.92. The third-order valence-corrected chi connectivity index (χ3v) is 3.92. The molecule has 0 aliphatic rings. The van der Waals surface area contributed by atoms with Crippen molar-refractivity contribution in [3.63, 3.8) is 0 Å². The van der Waals surface area contributed by atoms with Gasteiger partial charge in [0.05, 0.1) is 11.3 Å². The zero-order chi connectivity index (χ0) is 15.6. The van der Waals surface area contributed by atoms with E-state index in [1.165, 1.54) is 5.56 Å². The molecule has 1 aromatic heterocycles. The molecule has 0 bridgehead atoms. The number of benzene rings is 1. The van der Waals surface area contributed by atoms with Gasteiger partial charge in [-0.1, -0.05) is 31.2 Å². The molecule has 2 aromatic rings. The van der Waals surface area contributed by atoms with E-state index in [2.05, 4.69) is 36.3 Å². The summed E-state index contributed by atoms with van der Waals surface area (Å²) in [7, 11) is 3.70. The van der Waals surface area contributed by atoms with Crippen LogP contribution in [0.4, 0.5) is 0 Å². The van der Waals surface area contributed by atoms with Gasteiger partial charge in [-0.3, -0.25) is 9.48 Å². The first-order valence-electron chi connectivity index (χ1n) is 7.27. The summed E-state index contributed by atoms with van der Waals surface area (Å²) < 4.78 is 1.76. The highest BCUT2D eigenvalue weighted by atomic mass is 16.2. The normalized spacial score (nSPS) is 10.7. The lowest BCUT2D eigenvalue weighted by Crippen LogP contribution is -2.27. The summed E-state index contributed by atoms with van der Waals surface area (Å²) in [5, 5.41) is 4.31. The van der Waals surface area contributed by atoms with Crippen molar-refractivity contribution in [3.8, 4) is 0 Å². The Morgan fingerprint density at radius 1 is 1.19 bits per heavy atom. The average molecular weight is 285 g/mol. The number of aryl methyl sites for hydroxylation is 3. The van der Waals surface area contributed by atoms with Gasteiger partial charge in [-0.05, 0) is 31.4 Å². The maximum atomic E-state index is 12.6. The Kier molecular flexibility index (Phi) is 4.46. The van der Waals surface area contributed by atoms with Crippen LogP contribution < -0.4 is 0 Å². The number of carbonyl (C=O) groups excluding carboxylic acids is 1. The van der Waals surface area contributed by atoms with E-state index in [1.807, 2.05) is 27.9 Å². The van der Waals surface area contributed by atoms with E-state index in [1.54, 1.807) is 9.58 Å². The second-order valence-electron chi connectivity index (χ2n) is 5.50. The summed E-state index contributed by atoms with van der Waals surface area (Å²) in [6.07, 6.45) is 1.03. The molecule has 4 heteroatoms. The number of carbonyl (C=O) groups is 1. The van der Waals surface area contributed by atoms with Gasteiger partial charge in [0.25, 0.3) is 5.91 Å². The highest BCUT2D eigenvalue weighted by molar-refractivity contribution is 5.96. The minimum atomic E-state index is 0.0256. The Hall–Kier alpha value is -2.10. The second kappa shape index (κ2) is 6.12. The van der Waals surface area contributed by atoms with Gasteiger partial charge in [-0.2, -0.15) is 5.10 Å². The van der Waals surface area contributed by atoms with E-state index in [9.17, 15) is 4.79 Å². The SMILES string of the molecule is CCc1ccc(CN(C)C(=O)c2c(C)nn(C)c2C)cc1. The fourth-order valence-electron chi connectivity index (χ4n) is 2.50. The number of hydrogen-bond donors (Lipinski definition) is 0. The maximum absolute atomic E-state index is 12.6. The van der Waals surface area contributed by atoms with Crippen molar-refractivity contribution in [2.24, 2.45) is 7.05 Å². The lowest BCUT2D eigenvalue weighted by Gasteiger charge is -2.17. The topological polar surface area (TPSA) is 38.1 Å². The Bertz CT molecular complexity index is 641. The molecule has 1 aromatic carbocycles. The summed E-state index contributed by atoms with van der Waals surface area (Å²) >= 11 is 0. The Balaban J connectivity index is 2.15. The van der Waals surface area contributed by atoms with Crippen LogP contribution in [-0.2, 0) is 20.0 Å². The number of aromatic nitrogens is 2. The first-order valence-corrected chi connectivity index (χ1v) is 7.27. The van der Waals surface area contributed by atoms with E-state index in [-0.39, 0.29) is 5.91 Å². The summed E-state index contributed by atoms with van der Waals surface area (Å²) in [6, 6.07) is 8.42. The van der Waals surface area contributed by atoms with Crippen molar-refractivity contribution in [1.29, 1.82) is 0 Å². The van der Waals surface area contributed by atoms with Crippen LogP contribution >= 0.6 is 0 Å². The van der Waals surface area contributed by atoms with E-state index < -0.39 is 0 Å². The van der Waals surface area contributed by atoms with Crippen LogP contribution in [0.15, 0.2) is 24.3 Å². The lowest BCUT2D eigenvalue weighted by atomic mass is 10.1. The Morgan fingerprint density at radius 3 is 2.24 bits per heavy atom. The zero-order valence-corrected chi connectivity index (χ0v) is 13.5. The predicted molar refractivity (Wildman–Crippen MR) is 84.3 cm³/mol. The minimum absolute atomic E-state index is 0.0256. The first-order chi connectivity index (χ1) is 9.93. The number of amides is 1. The molecule has 21 heavy (non-hydrogen) atoms. The van der Waals surface area contributed by atoms with Gasteiger partial charge in [0.2, 0.25) is 0 Å². The smallest absolute Gasteiger partial charge is 0.257 e. The Morgan fingerprint density at radius 2 is 1.76 bits per heavy atom. The van der Waals surface area contributed by atoms with E-state index in [0.717, 1.165) is 23.4 Å². The third kappa shape index (κ3) is 3.15. The molecule has 0 N–H and O–H groups in total. The van der Waals surface area contributed by atoms with Crippen molar-refractivity contribution in [2.75, 3.05) is 7.05 Å². The van der Waals surface area contributed by atoms with Gasteiger partial charge in [-0.15, -0.1) is 0 Å². The van der Waals surface area contributed by atoms with E-state index >= 15 is 0 Å². The second-order valence-corrected chi connectivity index (χ2v) is 5.50. The largest absolute Gasteiger partial charge is 0.337 e. The summed E-state index contributed by atoms with van der Waals surface area (Å²) in [5.41, 5.74) is 4.86. The van der Waals surface area contributed by atoms with Crippen LogP contribution in [0.2, 0.25) is 0 Å². The molecule has 0 fully saturated rings. The minimum Gasteiger partial charge on any atom is -0.337 e. The van der Waals surface area contributed by atoms with Crippen molar-refractivity contribution in [3.05, 3.63) is 52.3 Å². The molecule has 0 spiro atoms. The molecule has 0 saturated heterocycles. The standard InChI is InChI=1S/C17H23N3O/c1-6-14-7-9-15(10-8-14)11-19(4)17(21)16-12(2)18-20(5)13(16)3/h7-10H,6,11H2,1-5H3. The lowest BCUT2D eigenvalue weighted by molar-refractivity contribution is 0.0783. The van der Waals surface area contributed by atoms with Crippen molar-refractivity contribution in [2.45, 2.75) is 33.7 Å². The molecule has 4 nitrogen and oxygen atoms in total. The van der Waals surface area contributed by atoms with Gasteiger partial charge in [0.15, 0.2) is 0 Å². The molecule has 0 radical (unpaired) electrons. The molecule has 2 rings (SSSR count). The first kappa shape index (κ1) is 15.3. The Labute approximate surface area is 126 Å². The van der Waals surface area contributed by atoms with E-state index in [4.69, 9.17) is 0 Å². The van der Waals surface area contributed by atoms with Crippen LogP contribution in [0.5, 0.6) is 0 Å². The molecule has 0 unspecified atom stereocenters. The molecular formula is C17H23N3O. The molecule has 0 aliphatic carbocycles. The monoisotopic (exact) mass is 285 g/mol. The zero-order valence-electron chi connectivity index (χ0n) is 13.5. The quantitative estimate of drug-likeness (QED) is 0.866. The fraction of sp³-hybridized carbons (Fsp3) is 0.412. The highest BCUT2D eigenvalue weighted by Crippen LogP contribution is 2.16. The molecule has 112 valence electrons. The predicted octanol–water partition coefficient (Wildman–Crippen LogP) is 2.87. The van der Waals surface area contributed by atoms with Crippen molar-refractivity contribution < 1.29 is 4.79 Å². The molecule has 0 saturated carbocycles. The van der Waals surface area contributed by atoms with Gasteiger partial charge in [0.1, 0.15) is 0 Å². The van der Waals surface area contributed by atoms with Gasteiger partial charge < -0.3 is 4.90 Å². The number of hydrogen-bond acceptors (Lipinski definition) is 2. The van der Waals surface area contributed by atoms with Crippen molar-refractivity contribution >= 4 is 5.91 Å². The van der Waals surface area contributed by atoms with Crippen LogP contribution in [0.3, 0.4) is 0 Å². The van der Waals surface area contributed by atoms with Gasteiger partial charge in [-0.25, -0.2) is 0 Å². The van der Waals surface area contributed by atoms with Gasteiger partial charge in [0, 0.05) is 26.3 Å².